The highest BCUT2D eigenvalue weighted by Gasteiger charge is 2.35. The molecule has 1 amide bonds. The third-order valence-corrected chi connectivity index (χ3v) is 5.53. The van der Waals surface area contributed by atoms with Crippen molar-refractivity contribution in [2.75, 3.05) is 6.54 Å². The van der Waals surface area contributed by atoms with Gasteiger partial charge in [-0.15, -0.1) is 0 Å². The number of likely N-dealkylation sites (tertiary alicyclic amines) is 1. The van der Waals surface area contributed by atoms with Gasteiger partial charge in [-0.1, -0.05) is 47.6 Å². The van der Waals surface area contributed by atoms with Crippen molar-refractivity contribution in [3.8, 4) is 22.8 Å². The quantitative estimate of drug-likeness (QED) is 0.475. The van der Waals surface area contributed by atoms with Crippen LogP contribution in [0.15, 0.2) is 65.2 Å². The number of alkyl halides is 3. The Morgan fingerprint density at radius 1 is 1.09 bits per heavy atom. The van der Waals surface area contributed by atoms with Gasteiger partial charge in [0.1, 0.15) is 5.69 Å². The Labute approximate surface area is 186 Å². The predicted molar refractivity (Wildman–Crippen MR) is 112 cm³/mol. The zero-order chi connectivity index (χ0) is 23.0. The third kappa shape index (κ3) is 4.36. The third-order valence-electron chi connectivity index (χ3n) is 5.53. The monoisotopic (exact) mass is 453 g/mol. The molecule has 2 aromatic heterocycles. The van der Waals surface area contributed by atoms with Crippen molar-refractivity contribution in [2.45, 2.75) is 25.1 Å². The predicted octanol–water partition coefficient (Wildman–Crippen LogP) is 4.66. The van der Waals surface area contributed by atoms with Crippen LogP contribution >= 0.6 is 0 Å². The maximum atomic E-state index is 13.0. The number of rotatable bonds is 5. The normalized spacial score (nSPS) is 16.5. The smallest absolute Gasteiger partial charge is 0.338 e. The van der Waals surface area contributed by atoms with E-state index in [0.717, 1.165) is 23.4 Å². The Hall–Kier alpha value is -3.95. The standard InChI is InChI=1S/C23H18F3N5O2/c24-23(25,26)17-8-4-5-14(9-17)12-31-13-16(10-20(31)32)21-27-22(33-30-21)19-11-18(28-29-19)15-6-2-1-3-7-15/h1-9,11,16H,10,12-13H2,(H,28,29). The topological polar surface area (TPSA) is 87.9 Å². The van der Waals surface area contributed by atoms with Crippen LogP contribution in [0.1, 0.15) is 29.3 Å². The lowest BCUT2D eigenvalue weighted by atomic mass is 10.1. The van der Waals surface area contributed by atoms with E-state index >= 15 is 0 Å². The minimum atomic E-state index is -4.43. The lowest BCUT2D eigenvalue weighted by molar-refractivity contribution is -0.137. The molecule has 0 aliphatic carbocycles. The number of aromatic amines is 1. The molecule has 1 saturated heterocycles. The van der Waals surface area contributed by atoms with Crippen LogP contribution in [0.25, 0.3) is 22.8 Å². The maximum Gasteiger partial charge on any atom is 0.416 e. The zero-order valence-corrected chi connectivity index (χ0v) is 17.2. The van der Waals surface area contributed by atoms with Crippen molar-refractivity contribution in [1.82, 2.24) is 25.2 Å². The second-order valence-corrected chi connectivity index (χ2v) is 7.86. The van der Waals surface area contributed by atoms with Gasteiger partial charge in [-0.05, 0) is 23.8 Å². The molecule has 0 radical (unpaired) electrons. The van der Waals surface area contributed by atoms with Crippen LogP contribution in [0.3, 0.4) is 0 Å². The Morgan fingerprint density at radius 3 is 2.70 bits per heavy atom. The molecule has 10 heteroatoms. The molecule has 4 aromatic rings. The number of nitrogens with one attached hydrogen (secondary N) is 1. The number of halogens is 3. The molecule has 1 N–H and O–H groups in total. The minimum absolute atomic E-state index is 0.0882. The van der Waals surface area contributed by atoms with E-state index in [1.54, 1.807) is 12.1 Å². The highest BCUT2D eigenvalue weighted by atomic mass is 19.4. The average molecular weight is 453 g/mol. The number of benzene rings is 2. The molecule has 168 valence electrons. The summed E-state index contributed by atoms with van der Waals surface area (Å²) in [7, 11) is 0. The summed E-state index contributed by atoms with van der Waals surface area (Å²) in [6.07, 6.45) is -4.27. The van der Waals surface area contributed by atoms with E-state index in [0.29, 0.717) is 23.6 Å². The molecule has 7 nitrogen and oxygen atoms in total. The van der Waals surface area contributed by atoms with Gasteiger partial charge in [0.15, 0.2) is 5.82 Å². The molecule has 0 bridgehead atoms. The van der Waals surface area contributed by atoms with Crippen molar-refractivity contribution in [2.24, 2.45) is 0 Å². The second-order valence-electron chi connectivity index (χ2n) is 7.86. The van der Waals surface area contributed by atoms with E-state index in [1.807, 2.05) is 30.3 Å². The summed E-state index contributed by atoms with van der Waals surface area (Å²) in [6, 6.07) is 16.4. The summed E-state index contributed by atoms with van der Waals surface area (Å²) >= 11 is 0. The molecule has 1 unspecified atom stereocenters. The van der Waals surface area contributed by atoms with E-state index in [2.05, 4.69) is 20.3 Å². The van der Waals surface area contributed by atoms with E-state index in [9.17, 15) is 18.0 Å². The van der Waals surface area contributed by atoms with E-state index in [4.69, 9.17) is 4.52 Å². The van der Waals surface area contributed by atoms with Gasteiger partial charge in [0.25, 0.3) is 5.89 Å². The van der Waals surface area contributed by atoms with Gasteiger partial charge in [0.2, 0.25) is 5.91 Å². The van der Waals surface area contributed by atoms with Gasteiger partial charge >= 0.3 is 6.18 Å². The van der Waals surface area contributed by atoms with Gasteiger partial charge in [-0.25, -0.2) is 0 Å². The summed E-state index contributed by atoms with van der Waals surface area (Å²) in [4.78, 5) is 18.4. The van der Waals surface area contributed by atoms with Crippen molar-refractivity contribution < 1.29 is 22.5 Å². The Kier molecular flexibility index (Phi) is 5.20. The Morgan fingerprint density at radius 2 is 1.91 bits per heavy atom. The number of amides is 1. The molecule has 1 atom stereocenters. The summed E-state index contributed by atoms with van der Waals surface area (Å²) in [5.41, 5.74) is 1.90. The summed E-state index contributed by atoms with van der Waals surface area (Å²) < 4.78 is 44.3. The molecule has 1 aliphatic heterocycles. The van der Waals surface area contributed by atoms with Crippen LogP contribution < -0.4 is 0 Å². The summed E-state index contributed by atoms with van der Waals surface area (Å²) in [5.74, 6) is 0.151. The largest absolute Gasteiger partial charge is 0.416 e. The number of nitrogens with zero attached hydrogens (tertiary/aromatic N) is 4. The fraction of sp³-hybridized carbons (Fsp3) is 0.217. The summed E-state index contributed by atoms with van der Waals surface area (Å²) in [6.45, 7) is 0.386. The number of hydrogen-bond acceptors (Lipinski definition) is 5. The number of carbonyl (C=O) groups is 1. The first kappa shape index (κ1) is 20.9. The van der Waals surface area contributed by atoms with Crippen molar-refractivity contribution in [1.29, 1.82) is 0 Å². The first-order valence-electron chi connectivity index (χ1n) is 10.3. The Balaban J connectivity index is 1.28. The molecule has 33 heavy (non-hydrogen) atoms. The molecular formula is C23H18F3N5O2. The molecule has 0 saturated carbocycles. The van der Waals surface area contributed by atoms with Gasteiger partial charge in [-0.3, -0.25) is 9.89 Å². The number of carbonyl (C=O) groups excluding carboxylic acids is 1. The number of aromatic nitrogens is 4. The van der Waals surface area contributed by atoms with Crippen LogP contribution in [0, 0.1) is 0 Å². The van der Waals surface area contributed by atoms with Crippen molar-refractivity contribution >= 4 is 5.91 Å². The molecule has 2 aromatic carbocycles. The van der Waals surface area contributed by atoms with Gasteiger partial charge in [0, 0.05) is 31.0 Å². The van der Waals surface area contributed by atoms with E-state index < -0.39 is 11.7 Å². The van der Waals surface area contributed by atoms with Gasteiger partial charge in [-0.2, -0.15) is 23.3 Å². The molecule has 3 heterocycles. The van der Waals surface area contributed by atoms with Gasteiger partial charge < -0.3 is 9.42 Å². The Bertz CT molecular complexity index is 1280. The fourth-order valence-electron chi connectivity index (χ4n) is 3.86. The maximum absolute atomic E-state index is 13.0. The lowest BCUT2D eigenvalue weighted by Crippen LogP contribution is -2.24. The van der Waals surface area contributed by atoms with E-state index in [-0.39, 0.29) is 30.7 Å². The molecule has 1 fully saturated rings. The minimum Gasteiger partial charge on any atom is -0.338 e. The zero-order valence-electron chi connectivity index (χ0n) is 17.2. The lowest BCUT2D eigenvalue weighted by Gasteiger charge is -2.17. The van der Waals surface area contributed by atoms with Crippen molar-refractivity contribution in [3.05, 3.63) is 77.6 Å². The highest BCUT2D eigenvalue weighted by molar-refractivity contribution is 5.79. The van der Waals surface area contributed by atoms with Gasteiger partial charge in [0.05, 0.1) is 11.3 Å². The number of hydrogen-bond donors (Lipinski definition) is 1. The fourth-order valence-corrected chi connectivity index (χ4v) is 3.86. The molecular weight excluding hydrogens is 435 g/mol. The van der Waals surface area contributed by atoms with Crippen LogP contribution in [0.5, 0.6) is 0 Å². The molecule has 1 aliphatic rings. The van der Waals surface area contributed by atoms with Crippen LogP contribution in [-0.4, -0.2) is 37.7 Å². The number of H-pyrrole nitrogens is 1. The van der Waals surface area contributed by atoms with E-state index in [1.165, 1.54) is 11.0 Å². The highest BCUT2D eigenvalue weighted by Crippen LogP contribution is 2.32. The van der Waals surface area contributed by atoms with Crippen molar-refractivity contribution in [3.63, 3.8) is 0 Å². The van der Waals surface area contributed by atoms with Crippen LogP contribution in [0.4, 0.5) is 13.2 Å². The molecule has 0 spiro atoms. The molecule has 5 rings (SSSR count). The average Bonchev–Trinajstić information content (AvgIpc) is 3.54. The summed E-state index contributed by atoms with van der Waals surface area (Å²) in [5, 5.41) is 11.2. The first-order chi connectivity index (χ1) is 15.9. The SMILES string of the molecule is O=C1CC(c2noc(-c3cc(-c4ccccc4)n[nH]3)n2)CN1Cc1cccc(C(F)(F)F)c1. The second kappa shape index (κ2) is 8.19. The van der Waals surface area contributed by atoms with Crippen LogP contribution in [0.2, 0.25) is 0 Å². The van der Waals surface area contributed by atoms with Crippen LogP contribution in [-0.2, 0) is 17.5 Å². The first-order valence-corrected chi connectivity index (χ1v) is 10.3.